The number of fused-ring (bicyclic) bond motifs is 2. The Labute approximate surface area is 167 Å². The van der Waals surface area contributed by atoms with Crippen molar-refractivity contribution in [2.45, 2.75) is 42.9 Å². The first kappa shape index (κ1) is 19.9. The first-order chi connectivity index (χ1) is 13.0. The van der Waals surface area contributed by atoms with Gasteiger partial charge in [0.25, 0.3) is 0 Å². The van der Waals surface area contributed by atoms with E-state index >= 15 is 0 Å². The van der Waals surface area contributed by atoms with Crippen LogP contribution in [0, 0.1) is 5.92 Å². The quantitative estimate of drug-likeness (QED) is 0.459. The number of nitrogens with zero attached hydrogens (tertiary/aromatic N) is 1. The molecule has 0 fully saturated rings. The van der Waals surface area contributed by atoms with E-state index in [1.54, 1.807) is 11.8 Å². The van der Waals surface area contributed by atoms with E-state index in [1.165, 1.54) is 26.5 Å². The molecule has 142 valence electrons. The highest BCUT2D eigenvalue weighted by molar-refractivity contribution is 7.99. The second-order valence-corrected chi connectivity index (χ2v) is 8.74. The molecule has 3 heteroatoms. The molecule has 2 aromatic rings. The van der Waals surface area contributed by atoms with E-state index < -0.39 is 0 Å². The average Bonchev–Trinajstić information content (AvgIpc) is 2.65. The number of carbonyl (C=O) groups is 1. The van der Waals surface area contributed by atoms with Gasteiger partial charge in [0.1, 0.15) is 0 Å². The van der Waals surface area contributed by atoms with Crippen molar-refractivity contribution in [1.82, 2.24) is 4.90 Å². The van der Waals surface area contributed by atoms with E-state index in [-0.39, 0.29) is 5.78 Å². The fraction of sp³-hybridized carbons (Fsp3) is 0.375. The molecule has 0 saturated heterocycles. The molecule has 1 aliphatic heterocycles. The number of unbranched alkanes of at least 4 members (excludes halogenated alkanes) is 1. The highest BCUT2D eigenvalue weighted by atomic mass is 32.2. The summed E-state index contributed by atoms with van der Waals surface area (Å²) < 4.78 is 0. The maximum absolute atomic E-state index is 12.6. The maximum atomic E-state index is 12.6. The van der Waals surface area contributed by atoms with Crippen LogP contribution in [0.4, 0.5) is 0 Å². The second kappa shape index (κ2) is 8.90. The smallest absolute Gasteiger partial charge is 0.162 e. The van der Waals surface area contributed by atoms with E-state index in [2.05, 4.69) is 75.3 Å². The van der Waals surface area contributed by atoms with E-state index in [0.717, 1.165) is 24.9 Å². The van der Waals surface area contributed by atoms with Gasteiger partial charge >= 0.3 is 0 Å². The van der Waals surface area contributed by atoms with Crippen LogP contribution in [0.2, 0.25) is 0 Å². The summed E-state index contributed by atoms with van der Waals surface area (Å²) in [4.78, 5) is 17.3. The molecule has 0 aromatic heterocycles. The van der Waals surface area contributed by atoms with Gasteiger partial charge in [-0.05, 0) is 61.3 Å². The summed E-state index contributed by atoms with van der Waals surface area (Å²) >= 11 is 1.80. The minimum atomic E-state index is 0.254. The number of hydrogen-bond acceptors (Lipinski definition) is 3. The first-order valence-corrected chi connectivity index (χ1v) is 10.6. The number of ketones is 1. The van der Waals surface area contributed by atoms with Crippen LogP contribution in [0.5, 0.6) is 0 Å². The van der Waals surface area contributed by atoms with Crippen molar-refractivity contribution in [3.8, 4) is 0 Å². The summed E-state index contributed by atoms with van der Waals surface area (Å²) in [7, 11) is 4.22. The fourth-order valence-electron chi connectivity index (χ4n) is 3.62. The highest BCUT2D eigenvalue weighted by Gasteiger charge is 2.22. The number of hydrogen-bond donors (Lipinski definition) is 0. The highest BCUT2D eigenvalue weighted by Crippen LogP contribution is 2.46. The minimum absolute atomic E-state index is 0.254. The normalized spacial score (nSPS) is 15.5. The zero-order valence-corrected chi connectivity index (χ0v) is 17.6. The standard InChI is InChI=1S/C24H29NOS/c1-5-6-10-22(26)18-12-13-24-21(15-18)20(14-17(2)16-25(3)4)19-9-7-8-11-23(19)27-24/h7-9,11-15,17H,5-6,10,16H2,1-4H3/b20-14-. The van der Waals surface area contributed by atoms with Crippen LogP contribution in [-0.2, 0) is 0 Å². The summed E-state index contributed by atoms with van der Waals surface area (Å²) in [5, 5.41) is 0. The monoisotopic (exact) mass is 379 g/mol. The zero-order valence-electron chi connectivity index (χ0n) is 16.8. The maximum Gasteiger partial charge on any atom is 0.162 e. The summed E-state index contributed by atoms with van der Waals surface area (Å²) in [6, 6.07) is 14.8. The van der Waals surface area contributed by atoms with Gasteiger partial charge in [-0.25, -0.2) is 0 Å². The molecule has 0 aliphatic carbocycles. The van der Waals surface area contributed by atoms with Crippen LogP contribution in [0.3, 0.4) is 0 Å². The number of Topliss-reactive ketones (excluding diaryl/α,β-unsaturated/α-hetero) is 1. The van der Waals surface area contributed by atoms with E-state index in [9.17, 15) is 4.79 Å². The lowest BCUT2D eigenvalue weighted by atomic mass is 9.91. The predicted molar refractivity (Wildman–Crippen MR) is 116 cm³/mol. The van der Waals surface area contributed by atoms with Crippen molar-refractivity contribution in [3.05, 3.63) is 65.2 Å². The van der Waals surface area contributed by atoms with Gasteiger partial charge in [-0.1, -0.05) is 62.4 Å². The van der Waals surface area contributed by atoms with Crippen molar-refractivity contribution in [2.24, 2.45) is 5.92 Å². The third-order valence-electron chi connectivity index (χ3n) is 4.85. The molecule has 2 nitrogen and oxygen atoms in total. The van der Waals surface area contributed by atoms with Gasteiger partial charge in [0.05, 0.1) is 0 Å². The predicted octanol–water partition coefficient (Wildman–Crippen LogP) is 6.15. The average molecular weight is 380 g/mol. The Kier molecular flexibility index (Phi) is 6.56. The minimum Gasteiger partial charge on any atom is -0.309 e. The lowest BCUT2D eigenvalue weighted by Gasteiger charge is -2.24. The molecule has 0 bridgehead atoms. The Morgan fingerprint density at radius 1 is 1.11 bits per heavy atom. The second-order valence-electron chi connectivity index (χ2n) is 7.66. The van der Waals surface area contributed by atoms with Crippen molar-refractivity contribution in [1.29, 1.82) is 0 Å². The van der Waals surface area contributed by atoms with Crippen LogP contribution in [0.25, 0.3) is 5.57 Å². The lowest BCUT2D eigenvalue weighted by Crippen LogP contribution is -2.19. The molecule has 0 amide bonds. The molecule has 1 heterocycles. The largest absolute Gasteiger partial charge is 0.309 e. The molecule has 0 saturated carbocycles. The van der Waals surface area contributed by atoms with Crippen LogP contribution >= 0.6 is 11.8 Å². The Balaban J connectivity index is 2.04. The Hall–Kier alpha value is -1.84. The lowest BCUT2D eigenvalue weighted by molar-refractivity contribution is 0.0979. The molecule has 1 atom stereocenters. The molecular formula is C24H29NOS. The van der Waals surface area contributed by atoms with Crippen LogP contribution in [0.15, 0.2) is 58.3 Å². The molecular weight excluding hydrogens is 350 g/mol. The van der Waals surface area contributed by atoms with E-state index in [0.29, 0.717) is 12.3 Å². The Morgan fingerprint density at radius 2 is 1.85 bits per heavy atom. The third-order valence-corrected chi connectivity index (χ3v) is 6.00. The molecule has 0 spiro atoms. The molecule has 27 heavy (non-hydrogen) atoms. The van der Waals surface area contributed by atoms with Crippen LogP contribution in [0.1, 0.15) is 54.6 Å². The van der Waals surface area contributed by atoms with Gasteiger partial charge < -0.3 is 4.90 Å². The van der Waals surface area contributed by atoms with Gasteiger partial charge in [-0.15, -0.1) is 0 Å². The molecule has 1 aliphatic rings. The van der Waals surface area contributed by atoms with Gasteiger partial charge in [-0.2, -0.15) is 0 Å². The number of rotatable bonds is 7. The zero-order chi connectivity index (χ0) is 19.4. The van der Waals surface area contributed by atoms with E-state index in [4.69, 9.17) is 0 Å². The Bertz CT molecular complexity index is 853. The fourth-order valence-corrected chi connectivity index (χ4v) is 4.71. The van der Waals surface area contributed by atoms with Gasteiger partial charge in [0, 0.05) is 28.3 Å². The Morgan fingerprint density at radius 3 is 2.59 bits per heavy atom. The van der Waals surface area contributed by atoms with Crippen LogP contribution < -0.4 is 0 Å². The molecule has 1 unspecified atom stereocenters. The van der Waals surface area contributed by atoms with Crippen molar-refractivity contribution < 1.29 is 4.79 Å². The molecule has 0 N–H and O–H groups in total. The van der Waals surface area contributed by atoms with Gasteiger partial charge in [-0.3, -0.25) is 4.79 Å². The number of carbonyl (C=O) groups excluding carboxylic acids is 1. The number of benzene rings is 2. The van der Waals surface area contributed by atoms with E-state index in [1.807, 2.05) is 6.07 Å². The summed E-state index contributed by atoms with van der Waals surface area (Å²) in [5.74, 6) is 0.683. The van der Waals surface area contributed by atoms with Crippen molar-refractivity contribution >= 4 is 23.1 Å². The summed E-state index contributed by atoms with van der Waals surface area (Å²) in [6.07, 6.45) is 5.01. The molecule has 0 radical (unpaired) electrons. The summed E-state index contributed by atoms with van der Waals surface area (Å²) in [5.41, 5.74) is 4.58. The van der Waals surface area contributed by atoms with Crippen molar-refractivity contribution in [2.75, 3.05) is 20.6 Å². The first-order valence-electron chi connectivity index (χ1n) is 9.81. The molecule has 2 aromatic carbocycles. The topological polar surface area (TPSA) is 20.3 Å². The van der Waals surface area contributed by atoms with Gasteiger partial charge in [0.15, 0.2) is 5.78 Å². The third kappa shape index (κ3) is 4.72. The SMILES string of the molecule is CCCCC(=O)c1ccc2c(c1)/C(=C\C(C)CN(C)C)c1ccccc1S2. The van der Waals surface area contributed by atoms with Crippen molar-refractivity contribution in [3.63, 3.8) is 0 Å². The summed E-state index contributed by atoms with van der Waals surface area (Å²) in [6.45, 7) is 5.39. The van der Waals surface area contributed by atoms with Gasteiger partial charge in [0.2, 0.25) is 0 Å². The van der Waals surface area contributed by atoms with Crippen LogP contribution in [-0.4, -0.2) is 31.3 Å². The molecule has 3 rings (SSSR count).